The number of carbonyl (C=O) groups is 1. The van der Waals surface area contributed by atoms with Gasteiger partial charge in [-0.1, -0.05) is 18.2 Å². The molecule has 1 atom stereocenters. The maximum absolute atomic E-state index is 12.9. The SMILES string of the molecule is C=CCNC(=O)CN1CCC[C@H]1c1ccc(F)cc1. The van der Waals surface area contributed by atoms with Gasteiger partial charge in [-0.3, -0.25) is 9.69 Å². The highest BCUT2D eigenvalue weighted by Crippen LogP contribution is 2.31. The molecule has 0 bridgehead atoms. The number of benzene rings is 1. The van der Waals surface area contributed by atoms with Crippen LogP contribution in [0, 0.1) is 5.82 Å². The number of halogens is 1. The molecule has 1 aromatic carbocycles. The van der Waals surface area contributed by atoms with Crippen LogP contribution in [-0.2, 0) is 4.79 Å². The highest BCUT2D eigenvalue weighted by Gasteiger charge is 2.27. The number of nitrogens with one attached hydrogen (secondary N) is 1. The summed E-state index contributed by atoms with van der Waals surface area (Å²) in [6.07, 6.45) is 3.75. The van der Waals surface area contributed by atoms with Gasteiger partial charge >= 0.3 is 0 Å². The van der Waals surface area contributed by atoms with E-state index in [-0.39, 0.29) is 17.8 Å². The van der Waals surface area contributed by atoms with Crippen molar-refractivity contribution in [1.29, 1.82) is 0 Å². The Bertz CT molecular complexity index is 444. The molecule has 1 saturated heterocycles. The van der Waals surface area contributed by atoms with Crippen LogP contribution >= 0.6 is 0 Å². The molecule has 0 aliphatic carbocycles. The largest absolute Gasteiger partial charge is 0.352 e. The zero-order valence-electron chi connectivity index (χ0n) is 10.9. The molecule has 0 aromatic heterocycles. The first-order valence-electron chi connectivity index (χ1n) is 6.58. The van der Waals surface area contributed by atoms with Crippen molar-refractivity contribution in [3.8, 4) is 0 Å². The number of hydrogen-bond acceptors (Lipinski definition) is 2. The Morgan fingerprint density at radius 1 is 1.47 bits per heavy atom. The quantitative estimate of drug-likeness (QED) is 0.826. The third-order valence-corrected chi connectivity index (χ3v) is 3.41. The molecule has 102 valence electrons. The van der Waals surface area contributed by atoms with Crippen LogP contribution in [0.25, 0.3) is 0 Å². The van der Waals surface area contributed by atoms with Gasteiger partial charge in [0.1, 0.15) is 5.82 Å². The van der Waals surface area contributed by atoms with Crippen LogP contribution in [0.4, 0.5) is 4.39 Å². The molecule has 1 fully saturated rings. The van der Waals surface area contributed by atoms with Crippen molar-refractivity contribution < 1.29 is 9.18 Å². The van der Waals surface area contributed by atoms with Crippen molar-refractivity contribution >= 4 is 5.91 Å². The molecule has 0 saturated carbocycles. The molecular weight excluding hydrogens is 243 g/mol. The van der Waals surface area contributed by atoms with Crippen LogP contribution in [0.5, 0.6) is 0 Å². The smallest absolute Gasteiger partial charge is 0.234 e. The van der Waals surface area contributed by atoms with E-state index in [2.05, 4.69) is 16.8 Å². The molecule has 4 heteroatoms. The zero-order valence-corrected chi connectivity index (χ0v) is 10.9. The molecule has 1 aliphatic rings. The fourth-order valence-electron chi connectivity index (χ4n) is 2.50. The van der Waals surface area contributed by atoms with Crippen molar-refractivity contribution in [1.82, 2.24) is 10.2 Å². The van der Waals surface area contributed by atoms with Gasteiger partial charge in [-0.05, 0) is 37.1 Å². The highest BCUT2D eigenvalue weighted by atomic mass is 19.1. The number of carbonyl (C=O) groups excluding carboxylic acids is 1. The lowest BCUT2D eigenvalue weighted by atomic mass is 10.0. The average molecular weight is 262 g/mol. The van der Waals surface area contributed by atoms with Crippen molar-refractivity contribution in [2.75, 3.05) is 19.6 Å². The third-order valence-electron chi connectivity index (χ3n) is 3.41. The van der Waals surface area contributed by atoms with E-state index in [9.17, 15) is 9.18 Å². The molecular formula is C15H19FN2O. The second kappa shape index (κ2) is 6.48. The molecule has 0 unspecified atom stereocenters. The molecule has 1 aromatic rings. The lowest BCUT2D eigenvalue weighted by Crippen LogP contribution is -2.36. The van der Waals surface area contributed by atoms with E-state index in [1.54, 1.807) is 18.2 Å². The van der Waals surface area contributed by atoms with E-state index in [0.29, 0.717) is 13.1 Å². The minimum Gasteiger partial charge on any atom is -0.352 e. The first kappa shape index (κ1) is 13.7. The Morgan fingerprint density at radius 3 is 2.89 bits per heavy atom. The van der Waals surface area contributed by atoms with E-state index in [0.717, 1.165) is 24.9 Å². The van der Waals surface area contributed by atoms with Gasteiger partial charge in [0.15, 0.2) is 0 Å². The van der Waals surface area contributed by atoms with Crippen molar-refractivity contribution in [3.05, 3.63) is 48.3 Å². The fraction of sp³-hybridized carbons (Fsp3) is 0.400. The van der Waals surface area contributed by atoms with Crippen molar-refractivity contribution in [3.63, 3.8) is 0 Å². The van der Waals surface area contributed by atoms with Gasteiger partial charge < -0.3 is 5.32 Å². The summed E-state index contributed by atoms with van der Waals surface area (Å²) in [7, 11) is 0. The zero-order chi connectivity index (χ0) is 13.7. The summed E-state index contributed by atoms with van der Waals surface area (Å²) in [5, 5.41) is 2.78. The number of hydrogen-bond donors (Lipinski definition) is 1. The van der Waals surface area contributed by atoms with Gasteiger partial charge in [0.2, 0.25) is 5.91 Å². The number of rotatable bonds is 5. The number of likely N-dealkylation sites (tertiary alicyclic amines) is 1. The van der Waals surface area contributed by atoms with Crippen LogP contribution in [0.3, 0.4) is 0 Å². The van der Waals surface area contributed by atoms with Crippen LogP contribution in [0.2, 0.25) is 0 Å². The summed E-state index contributed by atoms with van der Waals surface area (Å²) < 4.78 is 12.9. The molecule has 19 heavy (non-hydrogen) atoms. The van der Waals surface area contributed by atoms with E-state index in [1.165, 1.54) is 12.1 Å². The van der Waals surface area contributed by atoms with Crippen LogP contribution in [-0.4, -0.2) is 30.4 Å². The van der Waals surface area contributed by atoms with Crippen LogP contribution in [0.1, 0.15) is 24.4 Å². The summed E-state index contributed by atoms with van der Waals surface area (Å²) >= 11 is 0. The molecule has 1 amide bonds. The number of nitrogens with zero attached hydrogens (tertiary/aromatic N) is 1. The summed E-state index contributed by atoms with van der Waals surface area (Å²) in [6, 6.07) is 6.78. The molecule has 1 aliphatic heterocycles. The Hall–Kier alpha value is -1.68. The maximum Gasteiger partial charge on any atom is 0.234 e. The number of amides is 1. The lowest BCUT2D eigenvalue weighted by molar-refractivity contribution is -0.122. The third kappa shape index (κ3) is 3.64. The molecule has 2 rings (SSSR count). The lowest BCUT2D eigenvalue weighted by Gasteiger charge is -2.24. The molecule has 3 nitrogen and oxygen atoms in total. The Labute approximate surface area is 113 Å². The standard InChI is InChI=1S/C15H19FN2O/c1-2-9-17-15(19)11-18-10-3-4-14(18)12-5-7-13(16)8-6-12/h2,5-8,14H,1,3-4,9-11H2,(H,17,19)/t14-/m0/s1. The molecule has 1 heterocycles. The predicted octanol–water partition coefficient (Wildman–Crippen LogP) is 2.26. The van der Waals surface area contributed by atoms with Crippen LogP contribution < -0.4 is 5.32 Å². The van der Waals surface area contributed by atoms with Gasteiger partial charge in [0.25, 0.3) is 0 Å². The monoisotopic (exact) mass is 262 g/mol. The summed E-state index contributed by atoms with van der Waals surface area (Å²) in [5.74, 6) is -0.217. The Morgan fingerprint density at radius 2 is 2.21 bits per heavy atom. The van der Waals surface area contributed by atoms with Crippen LogP contribution in [0.15, 0.2) is 36.9 Å². The first-order chi connectivity index (χ1) is 9.20. The normalized spacial score (nSPS) is 19.3. The predicted molar refractivity (Wildman–Crippen MR) is 73.2 cm³/mol. The highest BCUT2D eigenvalue weighted by molar-refractivity contribution is 5.78. The second-order valence-electron chi connectivity index (χ2n) is 4.77. The minimum atomic E-state index is -0.225. The summed E-state index contributed by atoms with van der Waals surface area (Å²) in [6.45, 7) is 5.36. The Kier molecular flexibility index (Phi) is 4.68. The van der Waals surface area contributed by atoms with Gasteiger partial charge in [-0.15, -0.1) is 6.58 Å². The second-order valence-corrected chi connectivity index (χ2v) is 4.77. The van der Waals surface area contributed by atoms with Gasteiger partial charge in [0, 0.05) is 12.6 Å². The van der Waals surface area contributed by atoms with Crippen molar-refractivity contribution in [2.45, 2.75) is 18.9 Å². The van der Waals surface area contributed by atoms with E-state index in [4.69, 9.17) is 0 Å². The summed E-state index contributed by atoms with van der Waals surface area (Å²) in [5.41, 5.74) is 1.08. The molecule has 0 spiro atoms. The molecule has 0 radical (unpaired) electrons. The maximum atomic E-state index is 12.9. The minimum absolute atomic E-state index is 0.00825. The van der Waals surface area contributed by atoms with Gasteiger partial charge in [0.05, 0.1) is 6.54 Å². The average Bonchev–Trinajstić information content (AvgIpc) is 2.85. The van der Waals surface area contributed by atoms with E-state index < -0.39 is 0 Å². The molecule has 1 N–H and O–H groups in total. The summed E-state index contributed by atoms with van der Waals surface area (Å²) in [4.78, 5) is 13.9. The van der Waals surface area contributed by atoms with E-state index in [1.807, 2.05) is 0 Å². The van der Waals surface area contributed by atoms with Crippen molar-refractivity contribution in [2.24, 2.45) is 0 Å². The van der Waals surface area contributed by atoms with Gasteiger partial charge in [-0.25, -0.2) is 4.39 Å². The van der Waals surface area contributed by atoms with Gasteiger partial charge in [-0.2, -0.15) is 0 Å². The Balaban J connectivity index is 1.98. The topological polar surface area (TPSA) is 32.3 Å². The first-order valence-corrected chi connectivity index (χ1v) is 6.58. The van der Waals surface area contributed by atoms with E-state index >= 15 is 0 Å². The fourth-order valence-corrected chi connectivity index (χ4v) is 2.50.